The Labute approximate surface area is 249 Å². The van der Waals surface area contributed by atoms with Gasteiger partial charge in [0.2, 0.25) is 5.91 Å². The van der Waals surface area contributed by atoms with Crippen molar-refractivity contribution >= 4 is 33.6 Å². The number of anilines is 1. The van der Waals surface area contributed by atoms with Crippen molar-refractivity contribution in [3.8, 4) is 11.3 Å². The van der Waals surface area contributed by atoms with Gasteiger partial charge in [0.15, 0.2) is 0 Å². The number of amides is 2. The molecule has 0 saturated carbocycles. The zero-order valence-electron chi connectivity index (χ0n) is 24.7. The van der Waals surface area contributed by atoms with Crippen LogP contribution in [0.3, 0.4) is 0 Å². The van der Waals surface area contributed by atoms with Crippen LogP contribution >= 0.6 is 15.9 Å². The summed E-state index contributed by atoms with van der Waals surface area (Å²) in [6.07, 6.45) is 4.43. The molecule has 2 aromatic carbocycles. The van der Waals surface area contributed by atoms with Crippen LogP contribution in [0.1, 0.15) is 62.3 Å². The summed E-state index contributed by atoms with van der Waals surface area (Å²) in [6, 6.07) is 6.40. The summed E-state index contributed by atoms with van der Waals surface area (Å²) in [5.41, 5.74) is 4.86. The van der Waals surface area contributed by atoms with Gasteiger partial charge in [-0.3, -0.25) is 14.8 Å². The maximum absolute atomic E-state index is 14.7. The molecule has 2 heterocycles. The minimum Gasteiger partial charge on any atom is -0.444 e. The summed E-state index contributed by atoms with van der Waals surface area (Å²) < 4.78 is 22.8. The normalized spacial score (nSPS) is 15.9. The molecule has 0 bridgehead atoms. The van der Waals surface area contributed by atoms with Crippen molar-refractivity contribution in [1.29, 1.82) is 0 Å². The smallest absolute Gasteiger partial charge is 0.412 e. The first kappa shape index (κ1) is 30.7. The molecule has 1 saturated heterocycles. The van der Waals surface area contributed by atoms with E-state index in [1.54, 1.807) is 31.6 Å². The van der Waals surface area contributed by atoms with Gasteiger partial charge in [0.25, 0.3) is 0 Å². The van der Waals surface area contributed by atoms with E-state index < -0.39 is 17.5 Å². The van der Waals surface area contributed by atoms with Crippen molar-refractivity contribution in [2.45, 2.75) is 79.4 Å². The molecule has 0 radical (unpaired) electrons. The Hall–Kier alpha value is -3.27. The lowest BCUT2D eigenvalue weighted by molar-refractivity contribution is -0.131. The number of carbonyl (C=O) groups excluding carboxylic acids is 2. The number of hydrogen-bond donors (Lipinski definition) is 1. The van der Waals surface area contributed by atoms with Crippen LogP contribution in [-0.2, 0) is 22.5 Å². The molecule has 1 atom stereocenters. The summed E-state index contributed by atoms with van der Waals surface area (Å²) in [6.45, 7) is 13.5. The summed E-state index contributed by atoms with van der Waals surface area (Å²) >= 11 is 3.67. The number of likely N-dealkylation sites (tertiary alicyclic amines) is 1. The first-order valence-electron chi connectivity index (χ1n) is 14.0. The summed E-state index contributed by atoms with van der Waals surface area (Å²) in [4.78, 5) is 27.6. The average Bonchev–Trinajstić information content (AvgIpc) is 3.21. The van der Waals surface area contributed by atoms with Gasteiger partial charge in [-0.05, 0) is 101 Å². The zero-order chi connectivity index (χ0) is 29.9. The second-order valence-electron chi connectivity index (χ2n) is 12.0. The number of nitrogens with one attached hydrogen (secondary N) is 1. The van der Waals surface area contributed by atoms with E-state index >= 15 is 0 Å². The number of halogens is 2. The molecular formula is C31H39BrFN5O3. The Balaban J connectivity index is 1.43. The molecule has 2 amide bonds. The Morgan fingerprint density at radius 2 is 1.90 bits per heavy atom. The Bertz CT molecular complexity index is 1430. The van der Waals surface area contributed by atoms with Crippen LogP contribution in [0.4, 0.5) is 14.9 Å². The highest BCUT2D eigenvalue weighted by Crippen LogP contribution is 2.29. The molecule has 8 nitrogen and oxygen atoms in total. The highest BCUT2D eigenvalue weighted by Gasteiger charge is 2.25. The topological polar surface area (TPSA) is 89.4 Å². The maximum atomic E-state index is 14.7. The van der Waals surface area contributed by atoms with E-state index in [4.69, 9.17) is 4.74 Å². The molecule has 1 N–H and O–H groups in total. The van der Waals surface area contributed by atoms with Gasteiger partial charge in [-0.1, -0.05) is 33.6 Å². The highest BCUT2D eigenvalue weighted by atomic mass is 79.9. The molecule has 1 fully saturated rings. The SMILES string of the molecule is Cc1cc(C)c(CC(=O)N2CCCCC(Cn3cc(-c4cc(NC(=O)OC(C)(C)C)ccc4F)nn3)C2)c(C)c1Br. The molecule has 1 aromatic heterocycles. The largest absolute Gasteiger partial charge is 0.444 e. The molecule has 3 aromatic rings. The van der Waals surface area contributed by atoms with Gasteiger partial charge < -0.3 is 9.64 Å². The Morgan fingerprint density at radius 3 is 2.63 bits per heavy atom. The van der Waals surface area contributed by atoms with Gasteiger partial charge in [-0.25, -0.2) is 9.18 Å². The van der Waals surface area contributed by atoms with Gasteiger partial charge in [-0.15, -0.1) is 5.10 Å². The predicted octanol–water partition coefficient (Wildman–Crippen LogP) is 6.99. The van der Waals surface area contributed by atoms with Gasteiger partial charge in [0.05, 0.1) is 12.6 Å². The monoisotopic (exact) mass is 627 g/mol. The van der Waals surface area contributed by atoms with Crippen LogP contribution in [0.25, 0.3) is 11.3 Å². The van der Waals surface area contributed by atoms with Crippen LogP contribution in [0.15, 0.2) is 34.9 Å². The number of rotatable bonds is 6. The molecule has 10 heteroatoms. The average molecular weight is 629 g/mol. The lowest BCUT2D eigenvalue weighted by atomic mass is 9.96. The zero-order valence-corrected chi connectivity index (χ0v) is 26.3. The number of nitrogens with zero attached hydrogens (tertiary/aromatic N) is 4. The fourth-order valence-electron chi connectivity index (χ4n) is 5.34. The van der Waals surface area contributed by atoms with Crippen molar-refractivity contribution in [1.82, 2.24) is 19.9 Å². The highest BCUT2D eigenvalue weighted by molar-refractivity contribution is 9.10. The quantitative estimate of drug-likeness (QED) is 0.318. The van der Waals surface area contributed by atoms with Crippen molar-refractivity contribution in [3.63, 3.8) is 0 Å². The van der Waals surface area contributed by atoms with Crippen molar-refractivity contribution in [2.24, 2.45) is 5.92 Å². The molecule has 41 heavy (non-hydrogen) atoms. The second-order valence-corrected chi connectivity index (χ2v) is 12.7. The fourth-order valence-corrected chi connectivity index (χ4v) is 5.69. The Kier molecular flexibility index (Phi) is 9.51. The molecule has 1 aliphatic rings. The van der Waals surface area contributed by atoms with Crippen molar-refractivity contribution < 1.29 is 18.7 Å². The second kappa shape index (κ2) is 12.7. The predicted molar refractivity (Wildman–Crippen MR) is 161 cm³/mol. The minimum absolute atomic E-state index is 0.134. The van der Waals surface area contributed by atoms with E-state index in [9.17, 15) is 14.0 Å². The van der Waals surface area contributed by atoms with E-state index in [2.05, 4.69) is 58.4 Å². The fraction of sp³-hybridized carbons (Fsp3) is 0.484. The number of benzene rings is 2. The van der Waals surface area contributed by atoms with Gasteiger partial charge in [-0.2, -0.15) is 0 Å². The summed E-state index contributed by atoms with van der Waals surface area (Å²) in [5, 5.41) is 11.1. The molecule has 0 aliphatic carbocycles. The van der Waals surface area contributed by atoms with Crippen LogP contribution in [0.2, 0.25) is 0 Å². The summed E-state index contributed by atoms with van der Waals surface area (Å²) in [7, 11) is 0. The Morgan fingerprint density at radius 1 is 1.15 bits per heavy atom. The minimum atomic E-state index is -0.649. The van der Waals surface area contributed by atoms with Gasteiger partial charge >= 0.3 is 6.09 Å². The van der Waals surface area contributed by atoms with E-state index in [1.165, 1.54) is 23.8 Å². The molecule has 1 unspecified atom stereocenters. The van der Waals surface area contributed by atoms with Crippen LogP contribution in [0, 0.1) is 32.5 Å². The molecular weight excluding hydrogens is 589 g/mol. The van der Waals surface area contributed by atoms with Crippen LogP contribution in [-0.4, -0.2) is 50.6 Å². The third kappa shape index (κ3) is 7.93. The first-order valence-corrected chi connectivity index (χ1v) is 14.8. The lowest BCUT2D eigenvalue weighted by Gasteiger charge is -2.25. The molecule has 220 valence electrons. The number of aromatic nitrogens is 3. The van der Waals surface area contributed by atoms with Crippen LogP contribution < -0.4 is 5.32 Å². The van der Waals surface area contributed by atoms with Crippen molar-refractivity contribution in [2.75, 3.05) is 18.4 Å². The van der Waals surface area contributed by atoms with E-state index in [0.717, 1.165) is 47.0 Å². The molecule has 1 aliphatic heterocycles. The van der Waals surface area contributed by atoms with Crippen LogP contribution in [0.5, 0.6) is 0 Å². The first-order chi connectivity index (χ1) is 19.3. The van der Waals surface area contributed by atoms with E-state index in [-0.39, 0.29) is 17.4 Å². The number of ether oxygens (including phenoxy) is 1. The van der Waals surface area contributed by atoms with Gasteiger partial charge in [0.1, 0.15) is 17.1 Å². The number of aryl methyl sites for hydroxylation is 2. The number of hydrogen-bond acceptors (Lipinski definition) is 5. The molecule has 4 rings (SSSR count). The standard InChI is InChI=1S/C31H39BrFN5O3/c1-19-13-20(2)29(32)21(3)24(19)15-28(39)37-12-8-7-9-22(16-37)17-38-18-27(35-36-38)25-14-23(10-11-26(25)33)34-30(40)41-31(4,5)6/h10-11,13-14,18,22H,7-9,12,15-17H2,1-6H3,(H,34,40). The number of carbonyl (C=O) groups is 2. The van der Waals surface area contributed by atoms with Gasteiger partial charge in [0, 0.05) is 35.4 Å². The molecule has 0 spiro atoms. The van der Waals surface area contributed by atoms with Crippen molar-refractivity contribution in [3.05, 3.63) is 63.0 Å². The van der Waals surface area contributed by atoms with E-state index in [0.29, 0.717) is 30.9 Å². The maximum Gasteiger partial charge on any atom is 0.412 e. The third-order valence-electron chi connectivity index (χ3n) is 7.36. The summed E-state index contributed by atoms with van der Waals surface area (Å²) in [5.74, 6) is -0.131. The third-order valence-corrected chi connectivity index (χ3v) is 8.58. The van der Waals surface area contributed by atoms with E-state index in [1.807, 2.05) is 4.90 Å². The lowest BCUT2D eigenvalue weighted by Crippen LogP contribution is -2.37.